The molecule has 0 aromatic rings. The van der Waals surface area contributed by atoms with Crippen molar-refractivity contribution in [2.24, 2.45) is 0 Å². The third kappa shape index (κ3) is 8.74. The number of esters is 1. The Morgan fingerprint density at radius 2 is 2.00 bits per heavy atom. The smallest absolute Gasteiger partial charge is 1.00 e. The first-order valence-electron chi connectivity index (χ1n) is 2.86. The molecule has 10 heavy (non-hydrogen) atoms. The fraction of sp³-hybridized carbons (Fsp3) is 0.833. The van der Waals surface area contributed by atoms with Gasteiger partial charge < -0.3 is 17.0 Å². The molecule has 0 heterocycles. The fourth-order valence-corrected chi connectivity index (χ4v) is 2.02. The quantitative estimate of drug-likeness (QED) is 0.457. The Balaban J connectivity index is 0. The van der Waals surface area contributed by atoms with E-state index in [0.717, 1.165) is 0 Å². The van der Waals surface area contributed by atoms with Gasteiger partial charge >= 0.3 is 63.0 Å². The third-order valence-electron chi connectivity index (χ3n) is 0.712. The molecule has 0 spiro atoms. The molecule has 0 aromatic heterocycles. The summed E-state index contributed by atoms with van der Waals surface area (Å²) < 4.78 is 5.46. The van der Waals surface area contributed by atoms with Crippen molar-refractivity contribution in [3.63, 3.8) is 0 Å². The van der Waals surface area contributed by atoms with E-state index in [1.54, 1.807) is 0 Å². The molecule has 2 nitrogen and oxygen atoms in total. The Morgan fingerprint density at radius 3 is 2.30 bits per heavy atom. The molecular formula is C6H13BrO2Te. The van der Waals surface area contributed by atoms with Gasteiger partial charge in [-0.3, -0.25) is 0 Å². The van der Waals surface area contributed by atoms with Crippen LogP contribution >= 0.6 is 0 Å². The maximum absolute atomic E-state index is 10.7. The van der Waals surface area contributed by atoms with E-state index in [0.29, 0.717) is 11.1 Å². The summed E-state index contributed by atoms with van der Waals surface area (Å²) in [6.07, 6.45) is 0. The first kappa shape index (κ1) is 13.3. The molecule has 0 N–H and O–H groups in total. The van der Waals surface area contributed by atoms with Crippen molar-refractivity contribution < 1.29 is 26.5 Å². The molecule has 0 saturated heterocycles. The van der Waals surface area contributed by atoms with Crippen LogP contribution in [0, 0.1) is 0 Å². The van der Waals surface area contributed by atoms with E-state index in [4.69, 9.17) is 4.74 Å². The molecule has 62 valence electrons. The van der Waals surface area contributed by atoms with Gasteiger partial charge in [0.2, 0.25) is 0 Å². The second-order valence-electron chi connectivity index (χ2n) is 1.93. The first-order chi connectivity index (χ1) is 4.16. The average Bonchev–Trinajstić information content (AvgIpc) is 1.63. The van der Waals surface area contributed by atoms with Gasteiger partial charge in [-0.05, 0) is 0 Å². The molecule has 0 bridgehead atoms. The molecule has 0 atom stereocenters. The maximum atomic E-state index is 10.7. The van der Waals surface area contributed by atoms with Gasteiger partial charge in [-0.15, -0.1) is 0 Å². The Morgan fingerprint density at radius 1 is 1.50 bits per heavy atom. The molecule has 0 aromatic carbocycles. The minimum absolute atomic E-state index is 0. The van der Waals surface area contributed by atoms with Gasteiger partial charge in [-0.1, -0.05) is 0 Å². The van der Waals surface area contributed by atoms with Gasteiger partial charge in [0, 0.05) is 0 Å². The average molecular weight is 325 g/mol. The van der Waals surface area contributed by atoms with Crippen LogP contribution in [0.5, 0.6) is 0 Å². The van der Waals surface area contributed by atoms with E-state index in [-0.39, 0.29) is 23.0 Å². The van der Waals surface area contributed by atoms with Crippen molar-refractivity contribution >= 4 is 25.5 Å². The Hall–Kier alpha value is 0.740. The molecule has 0 rings (SSSR count). The molecule has 0 saturated carbocycles. The normalized spacial score (nSPS) is 8.80. The van der Waals surface area contributed by atoms with Crippen LogP contribution in [-0.4, -0.2) is 32.1 Å². The minimum Gasteiger partial charge on any atom is -1.00 e. The molecular weight excluding hydrogens is 312 g/mol. The zero-order chi connectivity index (χ0) is 7.28. The van der Waals surface area contributed by atoms with Crippen LogP contribution in [0.15, 0.2) is 0 Å². The predicted molar refractivity (Wildman–Crippen MR) is 38.9 cm³/mol. The molecule has 0 aliphatic carbocycles. The summed E-state index contributed by atoms with van der Waals surface area (Å²) >= 11 is -0.990. The molecule has 0 aliphatic rings. The van der Waals surface area contributed by atoms with Crippen LogP contribution in [0.1, 0.15) is 6.92 Å². The number of carbonyl (C=O) groups excluding carboxylic acids is 1. The third-order valence-corrected chi connectivity index (χ3v) is 3.03. The summed E-state index contributed by atoms with van der Waals surface area (Å²) in [6.45, 7) is 2.36. The summed E-state index contributed by atoms with van der Waals surface area (Å²) in [5.74, 6) is -0.0147. The summed E-state index contributed by atoms with van der Waals surface area (Å²) in [5.41, 5.74) is 0. The maximum Gasteiger partial charge on any atom is -1.00 e. The second-order valence-corrected chi connectivity index (χ2v) is 8.38. The van der Waals surface area contributed by atoms with Crippen LogP contribution < -0.4 is 17.0 Å². The largest absolute Gasteiger partial charge is 1.00 e. The van der Waals surface area contributed by atoms with Crippen molar-refractivity contribution in [1.82, 2.24) is 0 Å². The minimum atomic E-state index is -0.990. The molecule has 0 fully saturated rings. The van der Waals surface area contributed by atoms with Gasteiger partial charge in [0.1, 0.15) is 0 Å². The van der Waals surface area contributed by atoms with Crippen LogP contribution in [0.25, 0.3) is 0 Å². The van der Waals surface area contributed by atoms with Crippen molar-refractivity contribution in [2.75, 3.05) is 6.61 Å². The standard InChI is InChI=1S/C6H13O2Te.BrH/c1-4-8-6(7)5-9(2)3;/h4-5H2,1-3H3;1H/q+1;/p-1. The topological polar surface area (TPSA) is 26.3 Å². The van der Waals surface area contributed by atoms with Crippen molar-refractivity contribution in [3.05, 3.63) is 0 Å². The van der Waals surface area contributed by atoms with Crippen LogP contribution in [0.3, 0.4) is 0 Å². The van der Waals surface area contributed by atoms with Crippen LogP contribution in [0.4, 0.5) is 0 Å². The Labute approximate surface area is 79.7 Å². The molecule has 0 amide bonds. The molecule has 4 heteroatoms. The monoisotopic (exact) mass is 326 g/mol. The van der Waals surface area contributed by atoms with Crippen LogP contribution in [0.2, 0.25) is 14.4 Å². The van der Waals surface area contributed by atoms with Crippen molar-refractivity contribution in [1.29, 1.82) is 0 Å². The zero-order valence-electron chi connectivity index (χ0n) is 6.52. The van der Waals surface area contributed by atoms with Gasteiger partial charge in [0.25, 0.3) is 0 Å². The van der Waals surface area contributed by atoms with Crippen molar-refractivity contribution in [2.45, 2.75) is 21.3 Å². The number of hydrogen-bond acceptors (Lipinski definition) is 2. The van der Waals surface area contributed by atoms with Gasteiger partial charge in [0.05, 0.1) is 0 Å². The fourth-order valence-electron chi connectivity index (χ4n) is 0.438. The van der Waals surface area contributed by atoms with E-state index < -0.39 is 19.6 Å². The number of rotatable bonds is 3. The predicted octanol–water partition coefficient (Wildman–Crippen LogP) is -1.69. The van der Waals surface area contributed by atoms with Crippen molar-refractivity contribution in [3.8, 4) is 0 Å². The van der Waals surface area contributed by atoms with Gasteiger partial charge in [-0.2, -0.15) is 0 Å². The summed E-state index contributed by atoms with van der Waals surface area (Å²) in [5, 5.41) is 0. The van der Waals surface area contributed by atoms with E-state index in [1.807, 2.05) is 6.92 Å². The number of carbonyl (C=O) groups is 1. The second kappa shape index (κ2) is 7.84. The summed E-state index contributed by atoms with van der Waals surface area (Å²) in [4.78, 5) is 15.0. The SMILES string of the molecule is CCOC(=O)C[Te+](C)C.[Br-]. The van der Waals surface area contributed by atoms with E-state index >= 15 is 0 Å². The number of hydrogen-bond donors (Lipinski definition) is 0. The van der Waals surface area contributed by atoms with Gasteiger partial charge in [-0.25, -0.2) is 0 Å². The molecule has 0 unspecified atom stereocenters. The zero-order valence-corrected chi connectivity index (χ0v) is 10.4. The number of ether oxygens (including phenoxy) is 1. The molecule has 0 radical (unpaired) electrons. The summed E-state index contributed by atoms with van der Waals surface area (Å²) in [7, 11) is 0. The van der Waals surface area contributed by atoms with Crippen LogP contribution in [-0.2, 0) is 9.53 Å². The van der Waals surface area contributed by atoms with Gasteiger partial charge in [0.15, 0.2) is 0 Å². The summed E-state index contributed by atoms with van der Waals surface area (Å²) in [6, 6.07) is 0. The number of halogens is 1. The van der Waals surface area contributed by atoms with E-state index in [1.165, 1.54) is 0 Å². The Kier molecular flexibility index (Phi) is 10.5. The van der Waals surface area contributed by atoms with E-state index in [2.05, 4.69) is 9.94 Å². The molecule has 0 aliphatic heterocycles. The Bertz CT molecular complexity index is 95.7. The first-order valence-corrected chi connectivity index (χ1v) is 9.17. The van der Waals surface area contributed by atoms with E-state index in [9.17, 15) is 4.79 Å².